The molecule has 108 valence electrons. The minimum absolute atomic E-state index is 0.0921. The van der Waals surface area contributed by atoms with E-state index in [2.05, 4.69) is 4.99 Å². The summed E-state index contributed by atoms with van der Waals surface area (Å²) in [6.07, 6.45) is 0. The Morgan fingerprint density at radius 3 is 2.38 bits per heavy atom. The van der Waals surface area contributed by atoms with Gasteiger partial charge in [-0.1, -0.05) is 54.2 Å². The van der Waals surface area contributed by atoms with E-state index >= 15 is 0 Å². The smallest absolute Gasteiger partial charge is 0.269 e. The number of benzene rings is 2. The van der Waals surface area contributed by atoms with Crippen LogP contribution in [0.3, 0.4) is 0 Å². The first-order valence-corrected chi connectivity index (χ1v) is 7.33. The molecule has 5 nitrogen and oxygen atoms in total. The minimum Gasteiger partial charge on any atom is -0.379 e. The molecule has 21 heavy (non-hydrogen) atoms. The largest absolute Gasteiger partial charge is 0.379 e. The first kappa shape index (κ1) is 15.1. The lowest BCUT2D eigenvalue weighted by atomic mass is 10.2. The Labute approximate surface area is 127 Å². The van der Waals surface area contributed by atoms with E-state index < -0.39 is 4.92 Å². The topological polar surface area (TPSA) is 81.5 Å². The summed E-state index contributed by atoms with van der Waals surface area (Å²) < 4.78 is 0. The number of nitro groups is 1. The van der Waals surface area contributed by atoms with Gasteiger partial charge in [-0.25, -0.2) is 0 Å². The highest BCUT2D eigenvalue weighted by Gasteiger charge is 2.04. The number of nitrogens with two attached hydrogens (primary N) is 1. The number of aliphatic imine (C=N–C) groups is 1. The van der Waals surface area contributed by atoms with Crippen LogP contribution in [-0.2, 0) is 12.3 Å². The number of nitrogens with zero attached hydrogens (tertiary/aromatic N) is 2. The van der Waals surface area contributed by atoms with Gasteiger partial charge in [-0.15, -0.1) is 0 Å². The van der Waals surface area contributed by atoms with Crippen molar-refractivity contribution in [1.82, 2.24) is 0 Å². The number of hydrogen-bond donors (Lipinski definition) is 1. The lowest BCUT2D eigenvalue weighted by Gasteiger charge is -2.02. The van der Waals surface area contributed by atoms with Gasteiger partial charge >= 0.3 is 0 Å². The van der Waals surface area contributed by atoms with Crippen LogP contribution in [0.15, 0.2) is 59.6 Å². The summed E-state index contributed by atoms with van der Waals surface area (Å²) in [7, 11) is 0. The normalized spacial score (nSPS) is 11.3. The number of rotatable bonds is 5. The summed E-state index contributed by atoms with van der Waals surface area (Å²) in [5, 5.41) is 11.1. The van der Waals surface area contributed by atoms with E-state index in [1.165, 1.54) is 23.9 Å². The van der Waals surface area contributed by atoms with E-state index in [1.807, 2.05) is 30.3 Å². The molecule has 0 heterocycles. The van der Waals surface area contributed by atoms with Crippen LogP contribution >= 0.6 is 11.8 Å². The maximum atomic E-state index is 10.6. The summed E-state index contributed by atoms with van der Waals surface area (Å²) in [6, 6.07) is 16.3. The Morgan fingerprint density at radius 2 is 1.76 bits per heavy atom. The molecule has 2 rings (SSSR count). The van der Waals surface area contributed by atoms with E-state index in [-0.39, 0.29) is 5.69 Å². The lowest BCUT2D eigenvalue weighted by molar-refractivity contribution is -0.384. The summed E-state index contributed by atoms with van der Waals surface area (Å²) in [5.41, 5.74) is 8.03. The van der Waals surface area contributed by atoms with Gasteiger partial charge < -0.3 is 5.73 Å². The zero-order chi connectivity index (χ0) is 15.1. The molecule has 0 saturated carbocycles. The maximum absolute atomic E-state index is 10.6. The zero-order valence-corrected chi connectivity index (χ0v) is 12.1. The average Bonchev–Trinajstić information content (AvgIpc) is 2.52. The molecule has 2 aromatic carbocycles. The van der Waals surface area contributed by atoms with E-state index in [9.17, 15) is 10.1 Å². The molecule has 2 aromatic rings. The number of thioether (sulfide) groups is 1. The van der Waals surface area contributed by atoms with Gasteiger partial charge in [0, 0.05) is 17.9 Å². The van der Waals surface area contributed by atoms with Crippen LogP contribution in [0.4, 0.5) is 5.69 Å². The average molecular weight is 301 g/mol. The third-order valence-electron chi connectivity index (χ3n) is 2.79. The van der Waals surface area contributed by atoms with E-state index in [4.69, 9.17) is 5.73 Å². The van der Waals surface area contributed by atoms with Gasteiger partial charge in [0.2, 0.25) is 0 Å². The predicted octanol–water partition coefficient (Wildman–Crippen LogP) is 3.34. The fourth-order valence-electron chi connectivity index (χ4n) is 1.67. The van der Waals surface area contributed by atoms with Gasteiger partial charge in [0.1, 0.15) is 0 Å². The molecule has 0 aliphatic rings. The molecule has 0 amide bonds. The second kappa shape index (κ2) is 7.44. The molecule has 0 aliphatic carbocycles. The molecule has 0 aromatic heterocycles. The third-order valence-corrected chi connectivity index (χ3v) is 3.70. The summed E-state index contributed by atoms with van der Waals surface area (Å²) in [4.78, 5) is 14.5. The highest BCUT2D eigenvalue weighted by molar-refractivity contribution is 8.13. The number of hydrogen-bond acceptors (Lipinski definition) is 4. The lowest BCUT2D eigenvalue weighted by Crippen LogP contribution is -2.07. The Balaban J connectivity index is 1.85. The second-order valence-corrected chi connectivity index (χ2v) is 5.35. The molecule has 0 saturated heterocycles. The van der Waals surface area contributed by atoms with Crippen LogP contribution < -0.4 is 5.73 Å². The molecule has 6 heteroatoms. The standard InChI is InChI=1S/C15H15N3O2S/c16-15(17-10-12-4-2-1-3-5-12)21-11-13-6-8-14(9-7-13)18(19)20/h1-9H,10-11H2,(H2,16,17). The highest BCUT2D eigenvalue weighted by atomic mass is 32.2. The van der Waals surface area contributed by atoms with Gasteiger partial charge in [-0.2, -0.15) is 0 Å². The van der Waals surface area contributed by atoms with E-state index in [1.54, 1.807) is 12.1 Å². The van der Waals surface area contributed by atoms with Crippen molar-refractivity contribution in [3.8, 4) is 0 Å². The molecule has 0 radical (unpaired) electrons. The van der Waals surface area contributed by atoms with Crippen LogP contribution in [-0.4, -0.2) is 10.1 Å². The Kier molecular flexibility index (Phi) is 5.34. The fourth-order valence-corrected chi connectivity index (χ4v) is 2.33. The van der Waals surface area contributed by atoms with Crippen molar-refractivity contribution in [2.75, 3.05) is 0 Å². The molecule has 0 spiro atoms. The highest BCUT2D eigenvalue weighted by Crippen LogP contribution is 2.17. The van der Waals surface area contributed by atoms with Crippen LogP contribution in [0, 0.1) is 10.1 Å². The van der Waals surface area contributed by atoms with Crippen LogP contribution in [0.2, 0.25) is 0 Å². The molecule has 0 fully saturated rings. The Bertz CT molecular complexity index is 627. The van der Waals surface area contributed by atoms with Crippen molar-refractivity contribution in [2.24, 2.45) is 10.7 Å². The van der Waals surface area contributed by atoms with Crippen LogP contribution in [0.25, 0.3) is 0 Å². The molecule has 2 N–H and O–H groups in total. The zero-order valence-electron chi connectivity index (χ0n) is 11.3. The van der Waals surface area contributed by atoms with Gasteiger partial charge in [-0.3, -0.25) is 15.1 Å². The molecule has 0 bridgehead atoms. The monoisotopic (exact) mass is 301 g/mol. The van der Waals surface area contributed by atoms with Crippen molar-refractivity contribution >= 4 is 22.6 Å². The van der Waals surface area contributed by atoms with Crippen molar-refractivity contribution in [3.05, 3.63) is 75.8 Å². The quantitative estimate of drug-likeness (QED) is 0.397. The van der Waals surface area contributed by atoms with Gasteiger partial charge in [0.15, 0.2) is 5.17 Å². The van der Waals surface area contributed by atoms with Crippen LogP contribution in [0.1, 0.15) is 11.1 Å². The van der Waals surface area contributed by atoms with Crippen molar-refractivity contribution in [2.45, 2.75) is 12.3 Å². The Morgan fingerprint density at radius 1 is 1.10 bits per heavy atom. The third kappa shape index (κ3) is 4.92. The van der Waals surface area contributed by atoms with Gasteiger partial charge in [0.25, 0.3) is 5.69 Å². The van der Waals surface area contributed by atoms with Crippen LogP contribution in [0.5, 0.6) is 0 Å². The molecule has 0 unspecified atom stereocenters. The second-order valence-electron chi connectivity index (χ2n) is 4.35. The first-order valence-electron chi connectivity index (χ1n) is 6.35. The van der Waals surface area contributed by atoms with Gasteiger partial charge in [-0.05, 0) is 11.1 Å². The summed E-state index contributed by atoms with van der Waals surface area (Å²) in [5.74, 6) is 0.641. The van der Waals surface area contributed by atoms with Crippen molar-refractivity contribution in [1.29, 1.82) is 0 Å². The first-order chi connectivity index (χ1) is 10.1. The minimum atomic E-state index is -0.410. The fraction of sp³-hybridized carbons (Fsp3) is 0.133. The number of nitro benzene ring substituents is 1. The number of non-ortho nitro benzene ring substituents is 1. The van der Waals surface area contributed by atoms with E-state index in [0.717, 1.165) is 11.1 Å². The summed E-state index contributed by atoms with van der Waals surface area (Å²) in [6.45, 7) is 0.555. The molecular formula is C15H15N3O2S. The Hall–Kier alpha value is -2.34. The van der Waals surface area contributed by atoms with Crippen molar-refractivity contribution < 1.29 is 4.92 Å². The molecule has 0 aliphatic heterocycles. The molecular weight excluding hydrogens is 286 g/mol. The SMILES string of the molecule is NC(=NCc1ccccc1)SCc1ccc([N+](=O)[O-])cc1. The molecule has 0 atom stereocenters. The van der Waals surface area contributed by atoms with Gasteiger partial charge in [0.05, 0.1) is 11.5 Å². The van der Waals surface area contributed by atoms with Crippen molar-refractivity contribution in [3.63, 3.8) is 0 Å². The summed E-state index contributed by atoms with van der Waals surface area (Å²) >= 11 is 1.42. The number of amidine groups is 1. The van der Waals surface area contributed by atoms with E-state index in [0.29, 0.717) is 17.5 Å². The predicted molar refractivity (Wildman–Crippen MR) is 86.2 cm³/mol. The maximum Gasteiger partial charge on any atom is 0.269 e.